The lowest BCUT2D eigenvalue weighted by molar-refractivity contribution is -0.154. The zero-order chi connectivity index (χ0) is 27.7. The number of carbonyl (C=O) groups is 1. The Balaban J connectivity index is 1.60. The molecule has 38 heavy (non-hydrogen) atoms. The predicted octanol–water partition coefficient (Wildman–Crippen LogP) is 7.06. The number of amides is 1. The number of para-hydroxylation sites is 1. The monoisotopic (exact) mass is 529 g/mol. The third-order valence-corrected chi connectivity index (χ3v) is 5.54. The Kier molecular flexibility index (Phi) is 7.17. The number of hydrogen-bond donors (Lipinski definition) is 1. The standard InChI is InChI=1S/C28H23F4NO5/c1-27(2,3)16-8-10-17(11-9-16)37-25-24(35)19-13-12-18(14-22(19)38-26(25)28(30,31)32)36-15-23(34)33-21-7-5-4-6-20(21)29/h4-14H,15H2,1-3H3,(H,33,34). The van der Waals surface area contributed by atoms with Crippen LogP contribution < -0.4 is 20.2 Å². The number of hydrogen-bond acceptors (Lipinski definition) is 5. The molecule has 1 aromatic heterocycles. The molecule has 0 spiro atoms. The molecule has 0 radical (unpaired) electrons. The normalized spacial score (nSPS) is 11.9. The minimum atomic E-state index is -5.04. The molecule has 0 aliphatic rings. The van der Waals surface area contributed by atoms with Crippen LogP contribution in [0.15, 0.2) is 75.9 Å². The van der Waals surface area contributed by atoms with E-state index in [-0.39, 0.29) is 28.0 Å². The molecular formula is C28H23F4NO5. The van der Waals surface area contributed by atoms with Crippen LogP contribution in [0.1, 0.15) is 32.1 Å². The summed E-state index contributed by atoms with van der Waals surface area (Å²) in [5, 5.41) is 2.14. The van der Waals surface area contributed by atoms with Gasteiger partial charge in [0, 0.05) is 6.07 Å². The lowest BCUT2D eigenvalue weighted by Gasteiger charge is -2.19. The van der Waals surface area contributed by atoms with Gasteiger partial charge in [-0.25, -0.2) is 4.39 Å². The van der Waals surface area contributed by atoms with Gasteiger partial charge in [0.25, 0.3) is 11.7 Å². The number of rotatable bonds is 6. The number of ether oxygens (including phenoxy) is 2. The van der Waals surface area contributed by atoms with Crippen LogP contribution >= 0.6 is 0 Å². The number of nitrogens with one attached hydrogen (secondary N) is 1. The summed E-state index contributed by atoms with van der Waals surface area (Å²) in [4.78, 5) is 25.1. The summed E-state index contributed by atoms with van der Waals surface area (Å²) in [6, 6.07) is 15.4. The second-order valence-electron chi connectivity index (χ2n) is 9.44. The molecule has 4 aromatic rings. The van der Waals surface area contributed by atoms with Crippen molar-refractivity contribution < 1.29 is 36.2 Å². The largest absolute Gasteiger partial charge is 0.484 e. The number of fused-ring (bicyclic) bond motifs is 1. The van der Waals surface area contributed by atoms with Gasteiger partial charge in [0.05, 0.1) is 11.1 Å². The van der Waals surface area contributed by atoms with Gasteiger partial charge in [0.2, 0.25) is 11.2 Å². The average Bonchev–Trinajstić information content (AvgIpc) is 2.85. The molecule has 198 valence electrons. The van der Waals surface area contributed by atoms with E-state index in [1.807, 2.05) is 20.8 Å². The number of carbonyl (C=O) groups excluding carboxylic acids is 1. The highest BCUT2D eigenvalue weighted by Gasteiger charge is 2.40. The molecule has 0 saturated carbocycles. The van der Waals surface area contributed by atoms with Crippen molar-refractivity contribution in [1.29, 1.82) is 0 Å². The second kappa shape index (κ2) is 10.2. The Labute approximate surface area is 214 Å². The number of halogens is 4. The van der Waals surface area contributed by atoms with Gasteiger partial charge < -0.3 is 19.2 Å². The van der Waals surface area contributed by atoms with Gasteiger partial charge in [-0.05, 0) is 47.4 Å². The second-order valence-corrected chi connectivity index (χ2v) is 9.44. The van der Waals surface area contributed by atoms with E-state index < -0.39 is 47.0 Å². The summed E-state index contributed by atoms with van der Waals surface area (Å²) in [6.07, 6.45) is -5.04. The van der Waals surface area contributed by atoms with Crippen molar-refractivity contribution in [3.8, 4) is 17.2 Å². The maximum atomic E-state index is 13.8. The number of benzene rings is 3. The van der Waals surface area contributed by atoms with Gasteiger partial charge in [-0.2, -0.15) is 13.2 Å². The summed E-state index contributed by atoms with van der Waals surface area (Å²) < 4.78 is 71.0. The fraction of sp³-hybridized carbons (Fsp3) is 0.214. The van der Waals surface area contributed by atoms with Gasteiger partial charge in [0.1, 0.15) is 22.9 Å². The first kappa shape index (κ1) is 26.7. The summed E-state index contributed by atoms with van der Waals surface area (Å²) in [6.45, 7) is 5.38. The molecule has 6 nitrogen and oxygen atoms in total. The first-order valence-electron chi connectivity index (χ1n) is 11.5. The molecule has 0 aliphatic heterocycles. The minimum absolute atomic E-state index is 0.0379. The maximum Gasteiger partial charge on any atom is 0.453 e. The van der Waals surface area contributed by atoms with Crippen LogP contribution in [0, 0.1) is 5.82 Å². The fourth-order valence-corrected chi connectivity index (χ4v) is 3.56. The van der Waals surface area contributed by atoms with Crippen molar-refractivity contribution in [3.05, 3.63) is 94.1 Å². The number of alkyl halides is 3. The Hall–Kier alpha value is -4.34. The molecular weight excluding hydrogens is 506 g/mol. The topological polar surface area (TPSA) is 77.8 Å². The van der Waals surface area contributed by atoms with Crippen molar-refractivity contribution in [2.24, 2.45) is 0 Å². The van der Waals surface area contributed by atoms with Crippen molar-refractivity contribution in [2.75, 3.05) is 11.9 Å². The van der Waals surface area contributed by atoms with Crippen LogP contribution in [-0.2, 0) is 16.4 Å². The third kappa shape index (κ3) is 5.96. The zero-order valence-corrected chi connectivity index (χ0v) is 20.6. The first-order chi connectivity index (χ1) is 17.8. The highest BCUT2D eigenvalue weighted by atomic mass is 19.4. The molecule has 0 atom stereocenters. The van der Waals surface area contributed by atoms with E-state index in [2.05, 4.69) is 5.32 Å². The van der Waals surface area contributed by atoms with Crippen LogP contribution in [0.3, 0.4) is 0 Å². The van der Waals surface area contributed by atoms with Gasteiger partial charge in [-0.15, -0.1) is 0 Å². The van der Waals surface area contributed by atoms with Crippen molar-refractivity contribution in [2.45, 2.75) is 32.4 Å². The predicted molar refractivity (Wildman–Crippen MR) is 133 cm³/mol. The summed E-state index contributed by atoms with van der Waals surface area (Å²) in [5.41, 5.74) is -0.745. The average molecular weight is 529 g/mol. The van der Waals surface area contributed by atoms with Gasteiger partial charge in [-0.3, -0.25) is 9.59 Å². The van der Waals surface area contributed by atoms with Crippen molar-refractivity contribution in [3.63, 3.8) is 0 Å². The van der Waals surface area contributed by atoms with E-state index >= 15 is 0 Å². The lowest BCUT2D eigenvalue weighted by atomic mass is 9.87. The van der Waals surface area contributed by atoms with E-state index in [0.29, 0.717) is 0 Å². The molecule has 0 fully saturated rings. The van der Waals surface area contributed by atoms with Crippen LogP contribution in [-0.4, -0.2) is 12.5 Å². The van der Waals surface area contributed by atoms with Crippen LogP contribution in [0.5, 0.6) is 17.2 Å². The Bertz CT molecular complexity index is 1540. The van der Waals surface area contributed by atoms with Gasteiger partial charge >= 0.3 is 6.18 Å². The summed E-state index contributed by atoms with van der Waals surface area (Å²) in [5.74, 6) is -3.94. The van der Waals surface area contributed by atoms with Crippen LogP contribution in [0.25, 0.3) is 11.0 Å². The SMILES string of the molecule is CC(C)(C)c1ccc(Oc2c(C(F)(F)F)oc3cc(OCC(=O)Nc4ccccc4F)ccc3c2=O)cc1. The first-order valence-corrected chi connectivity index (χ1v) is 11.5. The number of anilines is 1. The molecule has 4 rings (SSSR count). The maximum absolute atomic E-state index is 13.8. The van der Waals surface area contributed by atoms with E-state index in [0.717, 1.165) is 11.6 Å². The quantitative estimate of drug-likeness (QED) is 0.271. The highest BCUT2D eigenvalue weighted by Crippen LogP contribution is 2.39. The van der Waals surface area contributed by atoms with Gasteiger partial charge in [0.15, 0.2) is 6.61 Å². The fourth-order valence-electron chi connectivity index (χ4n) is 3.56. The van der Waals surface area contributed by atoms with Crippen LogP contribution in [0.4, 0.5) is 23.2 Å². The molecule has 0 aliphatic carbocycles. The molecule has 1 heterocycles. The molecule has 0 saturated heterocycles. The molecule has 1 amide bonds. The lowest BCUT2D eigenvalue weighted by Crippen LogP contribution is -2.20. The molecule has 10 heteroatoms. The Morgan fingerprint density at radius 1 is 0.947 bits per heavy atom. The van der Waals surface area contributed by atoms with E-state index in [4.69, 9.17) is 13.9 Å². The zero-order valence-electron chi connectivity index (χ0n) is 20.6. The van der Waals surface area contributed by atoms with E-state index in [1.54, 1.807) is 12.1 Å². The smallest absolute Gasteiger partial charge is 0.453 e. The van der Waals surface area contributed by atoms with Crippen LogP contribution in [0.2, 0.25) is 0 Å². The van der Waals surface area contributed by atoms with E-state index in [9.17, 15) is 27.2 Å². The van der Waals surface area contributed by atoms with Crippen molar-refractivity contribution >= 4 is 22.6 Å². The highest BCUT2D eigenvalue weighted by molar-refractivity contribution is 5.92. The van der Waals surface area contributed by atoms with Gasteiger partial charge in [-0.1, -0.05) is 45.0 Å². The summed E-state index contributed by atoms with van der Waals surface area (Å²) in [7, 11) is 0. The third-order valence-electron chi connectivity index (χ3n) is 5.54. The van der Waals surface area contributed by atoms with Crippen molar-refractivity contribution in [1.82, 2.24) is 0 Å². The molecule has 0 unspecified atom stereocenters. The minimum Gasteiger partial charge on any atom is -0.484 e. The molecule has 0 bridgehead atoms. The van der Waals surface area contributed by atoms with E-state index in [1.165, 1.54) is 48.5 Å². The summed E-state index contributed by atoms with van der Waals surface area (Å²) >= 11 is 0. The molecule has 3 aromatic carbocycles. The Morgan fingerprint density at radius 2 is 1.61 bits per heavy atom. The molecule has 1 N–H and O–H groups in total. The Morgan fingerprint density at radius 3 is 2.24 bits per heavy atom.